The summed E-state index contributed by atoms with van der Waals surface area (Å²) in [7, 11) is 0. The van der Waals surface area contributed by atoms with E-state index in [0.717, 1.165) is 12.0 Å². The maximum atomic E-state index is 11.4. The Morgan fingerprint density at radius 2 is 2.07 bits per heavy atom. The molecule has 1 aliphatic carbocycles. The second-order valence-corrected chi connectivity index (χ2v) is 3.84. The van der Waals surface area contributed by atoms with Crippen molar-refractivity contribution in [3.8, 4) is 0 Å². The van der Waals surface area contributed by atoms with Gasteiger partial charge in [0.1, 0.15) is 0 Å². The van der Waals surface area contributed by atoms with Crippen LogP contribution in [0.15, 0.2) is 30.3 Å². The zero-order valence-corrected chi connectivity index (χ0v) is 7.94. The highest BCUT2D eigenvalue weighted by Crippen LogP contribution is 2.53. The smallest absolute Gasteiger partial charge is 0.228 e. The van der Waals surface area contributed by atoms with Gasteiger partial charge in [-0.15, -0.1) is 0 Å². The summed E-state index contributed by atoms with van der Waals surface area (Å²) in [6.45, 7) is 0.526. The van der Waals surface area contributed by atoms with E-state index in [1.54, 1.807) is 0 Å². The highest BCUT2D eigenvalue weighted by atomic mass is 16.1. The number of hydrogen-bond acceptors (Lipinski definition) is 2. The highest BCUT2D eigenvalue weighted by Gasteiger charge is 2.59. The summed E-state index contributed by atoms with van der Waals surface area (Å²) in [4.78, 5) is 11.4. The fourth-order valence-electron chi connectivity index (χ4n) is 2.15. The molecule has 1 amide bonds. The van der Waals surface area contributed by atoms with Crippen LogP contribution >= 0.6 is 0 Å². The molecular formula is C11H14N2O. The lowest BCUT2D eigenvalue weighted by atomic mass is 9.92. The van der Waals surface area contributed by atoms with Gasteiger partial charge in [0, 0.05) is 0 Å². The van der Waals surface area contributed by atoms with Crippen LogP contribution in [0.3, 0.4) is 0 Å². The van der Waals surface area contributed by atoms with Crippen LogP contribution in [0.5, 0.6) is 0 Å². The average molecular weight is 190 g/mol. The van der Waals surface area contributed by atoms with Crippen LogP contribution in [-0.2, 0) is 10.2 Å². The summed E-state index contributed by atoms with van der Waals surface area (Å²) in [5.41, 5.74) is 11.5. The third-order valence-electron chi connectivity index (χ3n) is 3.12. The quantitative estimate of drug-likeness (QED) is 0.723. The molecule has 74 valence electrons. The maximum absolute atomic E-state index is 11.4. The van der Waals surface area contributed by atoms with Gasteiger partial charge >= 0.3 is 0 Å². The van der Waals surface area contributed by atoms with Crippen molar-refractivity contribution in [1.29, 1.82) is 0 Å². The molecule has 0 radical (unpaired) electrons. The molecule has 0 spiro atoms. The number of rotatable bonds is 3. The molecule has 2 atom stereocenters. The van der Waals surface area contributed by atoms with Crippen LogP contribution in [0.2, 0.25) is 0 Å². The number of primary amides is 1. The van der Waals surface area contributed by atoms with Crippen LogP contribution < -0.4 is 11.5 Å². The first-order valence-electron chi connectivity index (χ1n) is 4.77. The number of carbonyl (C=O) groups excluding carboxylic acids is 1. The monoisotopic (exact) mass is 190 g/mol. The van der Waals surface area contributed by atoms with E-state index in [2.05, 4.69) is 0 Å². The summed E-state index contributed by atoms with van der Waals surface area (Å²) < 4.78 is 0. The normalized spacial score (nSPS) is 29.9. The lowest BCUT2D eigenvalue weighted by Crippen LogP contribution is -2.32. The zero-order chi connectivity index (χ0) is 10.2. The summed E-state index contributed by atoms with van der Waals surface area (Å²) in [5, 5.41) is 0. The van der Waals surface area contributed by atoms with Gasteiger partial charge < -0.3 is 11.5 Å². The Kier molecular flexibility index (Phi) is 2.04. The van der Waals surface area contributed by atoms with E-state index in [9.17, 15) is 4.79 Å². The standard InChI is InChI=1S/C11H14N2O/c12-7-9-6-11(9,10(13)14)8-4-2-1-3-5-8/h1-5,9H,6-7,12H2,(H2,13,14)/t9?,11-/m1/s1. The lowest BCUT2D eigenvalue weighted by molar-refractivity contribution is -0.120. The molecule has 1 aromatic carbocycles. The summed E-state index contributed by atoms with van der Waals surface area (Å²) in [5.74, 6) is -0.0263. The van der Waals surface area contributed by atoms with Crippen molar-refractivity contribution in [2.24, 2.45) is 17.4 Å². The molecular weight excluding hydrogens is 176 g/mol. The number of amides is 1. The molecule has 4 N–H and O–H groups in total. The van der Waals surface area contributed by atoms with Crippen molar-refractivity contribution in [2.75, 3.05) is 6.54 Å². The molecule has 1 aliphatic rings. The van der Waals surface area contributed by atoms with E-state index in [4.69, 9.17) is 11.5 Å². The molecule has 1 unspecified atom stereocenters. The van der Waals surface area contributed by atoms with E-state index in [1.807, 2.05) is 30.3 Å². The van der Waals surface area contributed by atoms with Crippen LogP contribution in [0.1, 0.15) is 12.0 Å². The molecule has 2 rings (SSSR count). The van der Waals surface area contributed by atoms with Crippen molar-refractivity contribution >= 4 is 5.91 Å². The summed E-state index contributed by atoms with van der Waals surface area (Å²) in [6, 6.07) is 9.66. The molecule has 3 nitrogen and oxygen atoms in total. The Bertz CT molecular complexity index is 350. The van der Waals surface area contributed by atoms with Crippen molar-refractivity contribution in [1.82, 2.24) is 0 Å². The topological polar surface area (TPSA) is 69.1 Å². The van der Waals surface area contributed by atoms with Crippen molar-refractivity contribution in [3.63, 3.8) is 0 Å². The minimum absolute atomic E-state index is 0.224. The Balaban J connectivity index is 2.36. The van der Waals surface area contributed by atoms with E-state index < -0.39 is 5.41 Å². The Hall–Kier alpha value is -1.35. The molecule has 0 aliphatic heterocycles. The largest absolute Gasteiger partial charge is 0.369 e. The first kappa shape index (κ1) is 9.21. The van der Waals surface area contributed by atoms with Crippen molar-refractivity contribution in [2.45, 2.75) is 11.8 Å². The third-order valence-corrected chi connectivity index (χ3v) is 3.12. The van der Waals surface area contributed by atoms with Gasteiger partial charge in [0.25, 0.3) is 0 Å². The predicted octanol–water partition coefficient (Wildman–Crippen LogP) is 0.388. The fraction of sp³-hybridized carbons (Fsp3) is 0.364. The molecule has 0 aromatic heterocycles. The maximum Gasteiger partial charge on any atom is 0.228 e. The number of carbonyl (C=O) groups is 1. The Morgan fingerprint density at radius 1 is 1.43 bits per heavy atom. The SMILES string of the molecule is NCC1C[C@@]1(C(N)=O)c1ccccc1. The molecule has 1 aromatic rings. The second kappa shape index (κ2) is 3.10. The highest BCUT2D eigenvalue weighted by molar-refractivity contribution is 5.90. The average Bonchev–Trinajstić information content (AvgIpc) is 2.94. The molecule has 0 saturated heterocycles. The van der Waals surface area contributed by atoms with Crippen LogP contribution in [0.4, 0.5) is 0 Å². The molecule has 0 heterocycles. The van der Waals surface area contributed by atoms with Gasteiger partial charge in [0.15, 0.2) is 0 Å². The van der Waals surface area contributed by atoms with Gasteiger partial charge in [0.05, 0.1) is 5.41 Å². The van der Waals surface area contributed by atoms with Crippen LogP contribution in [-0.4, -0.2) is 12.5 Å². The van der Waals surface area contributed by atoms with Crippen molar-refractivity contribution in [3.05, 3.63) is 35.9 Å². The summed E-state index contributed by atoms with van der Waals surface area (Å²) in [6.07, 6.45) is 0.794. The van der Waals surface area contributed by atoms with E-state index >= 15 is 0 Å². The molecule has 14 heavy (non-hydrogen) atoms. The van der Waals surface area contributed by atoms with Gasteiger partial charge in [-0.2, -0.15) is 0 Å². The Morgan fingerprint density at radius 3 is 2.50 bits per heavy atom. The Labute approximate surface area is 83.1 Å². The van der Waals surface area contributed by atoms with Gasteiger partial charge in [-0.05, 0) is 24.4 Å². The summed E-state index contributed by atoms with van der Waals surface area (Å²) >= 11 is 0. The van der Waals surface area contributed by atoms with E-state index in [-0.39, 0.29) is 11.8 Å². The predicted molar refractivity (Wildman–Crippen MR) is 54.5 cm³/mol. The van der Waals surface area contributed by atoms with Crippen LogP contribution in [0, 0.1) is 5.92 Å². The zero-order valence-electron chi connectivity index (χ0n) is 7.94. The minimum Gasteiger partial charge on any atom is -0.369 e. The molecule has 1 fully saturated rings. The number of hydrogen-bond donors (Lipinski definition) is 2. The minimum atomic E-state index is -0.476. The fourth-order valence-corrected chi connectivity index (χ4v) is 2.15. The number of benzene rings is 1. The van der Waals surface area contributed by atoms with Gasteiger partial charge in [-0.1, -0.05) is 30.3 Å². The second-order valence-electron chi connectivity index (χ2n) is 3.84. The number of nitrogens with two attached hydrogens (primary N) is 2. The first-order chi connectivity index (χ1) is 6.71. The molecule has 1 saturated carbocycles. The lowest BCUT2D eigenvalue weighted by Gasteiger charge is -2.12. The first-order valence-corrected chi connectivity index (χ1v) is 4.77. The van der Waals surface area contributed by atoms with E-state index in [1.165, 1.54) is 0 Å². The van der Waals surface area contributed by atoms with Gasteiger partial charge in [-0.3, -0.25) is 4.79 Å². The van der Waals surface area contributed by atoms with Crippen molar-refractivity contribution < 1.29 is 4.79 Å². The van der Waals surface area contributed by atoms with E-state index in [0.29, 0.717) is 6.54 Å². The van der Waals surface area contributed by atoms with Crippen LogP contribution in [0.25, 0.3) is 0 Å². The third kappa shape index (κ3) is 1.13. The molecule has 3 heteroatoms. The molecule has 0 bridgehead atoms. The van der Waals surface area contributed by atoms with Gasteiger partial charge in [-0.25, -0.2) is 0 Å². The van der Waals surface area contributed by atoms with Gasteiger partial charge in [0.2, 0.25) is 5.91 Å².